The lowest BCUT2D eigenvalue weighted by Gasteiger charge is -2.12. The summed E-state index contributed by atoms with van der Waals surface area (Å²) in [6.07, 6.45) is 1.67. The van der Waals surface area contributed by atoms with Gasteiger partial charge in [0, 0.05) is 10.7 Å². The third kappa shape index (κ3) is 2.54. The van der Waals surface area contributed by atoms with Crippen molar-refractivity contribution in [3.63, 3.8) is 0 Å². The predicted octanol–water partition coefficient (Wildman–Crippen LogP) is 4.11. The summed E-state index contributed by atoms with van der Waals surface area (Å²) in [6, 6.07) is 11.6. The van der Waals surface area contributed by atoms with E-state index < -0.39 is 0 Å². The topological polar surface area (TPSA) is 25.2 Å². The van der Waals surface area contributed by atoms with Gasteiger partial charge in [-0.1, -0.05) is 17.7 Å². The zero-order valence-corrected chi connectivity index (χ0v) is 9.16. The van der Waals surface area contributed by atoms with Crippen molar-refractivity contribution in [1.29, 1.82) is 0 Å². The molecule has 0 radical (unpaired) electrons. The molecular weight excluding hydrogens is 210 g/mol. The molecule has 0 saturated carbocycles. The SMILES string of the molecule is CC(Nc1cccc(Cl)c1)c1ccco1. The fourth-order valence-corrected chi connectivity index (χ4v) is 1.63. The molecule has 0 fully saturated rings. The summed E-state index contributed by atoms with van der Waals surface area (Å²) < 4.78 is 5.30. The van der Waals surface area contributed by atoms with Crippen LogP contribution in [0.4, 0.5) is 5.69 Å². The van der Waals surface area contributed by atoms with Crippen LogP contribution in [-0.2, 0) is 0 Å². The van der Waals surface area contributed by atoms with Crippen LogP contribution in [0.5, 0.6) is 0 Å². The van der Waals surface area contributed by atoms with Crippen LogP contribution in [0.15, 0.2) is 47.1 Å². The summed E-state index contributed by atoms with van der Waals surface area (Å²) >= 11 is 5.89. The second-order valence-electron chi connectivity index (χ2n) is 3.39. The average Bonchev–Trinajstić information content (AvgIpc) is 2.70. The van der Waals surface area contributed by atoms with Crippen molar-refractivity contribution in [2.75, 3.05) is 5.32 Å². The van der Waals surface area contributed by atoms with Gasteiger partial charge in [-0.2, -0.15) is 0 Å². The monoisotopic (exact) mass is 221 g/mol. The zero-order chi connectivity index (χ0) is 10.7. The minimum Gasteiger partial charge on any atom is -0.467 e. The third-order valence-corrected chi connectivity index (χ3v) is 2.41. The Bertz CT molecular complexity index is 425. The summed E-state index contributed by atoms with van der Waals surface area (Å²) in [7, 11) is 0. The van der Waals surface area contributed by atoms with Crippen LogP contribution >= 0.6 is 11.6 Å². The van der Waals surface area contributed by atoms with Crippen molar-refractivity contribution in [2.24, 2.45) is 0 Å². The van der Waals surface area contributed by atoms with Crippen LogP contribution in [0.3, 0.4) is 0 Å². The van der Waals surface area contributed by atoms with E-state index >= 15 is 0 Å². The maximum atomic E-state index is 5.89. The van der Waals surface area contributed by atoms with Gasteiger partial charge >= 0.3 is 0 Å². The molecule has 1 aromatic carbocycles. The maximum absolute atomic E-state index is 5.89. The van der Waals surface area contributed by atoms with E-state index in [1.807, 2.05) is 43.3 Å². The summed E-state index contributed by atoms with van der Waals surface area (Å²) in [6.45, 7) is 2.04. The van der Waals surface area contributed by atoms with E-state index in [0.29, 0.717) is 0 Å². The molecule has 1 atom stereocenters. The molecule has 2 aromatic rings. The normalized spacial score (nSPS) is 12.4. The number of anilines is 1. The van der Waals surface area contributed by atoms with Crippen LogP contribution in [0.25, 0.3) is 0 Å². The number of rotatable bonds is 3. The number of furan rings is 1. The molecule has 1 aromatic heterocycles. The molecule has 0 amide bonds. The van der Waals surface area contributed by atoms with Crippen molar-refractivity contribution in [1.82, 2.24) is 0 Å². The van der Waals surface area contributed by atoms with Gasteiger partial charge in [-0.3, -0.25) is 0 Å². The van der Waals surface area contributed by atoms with E-state index in [1.165, 1.54) is 0 Å². The van der Waals surface area contributed by atoms with Crippen LogP contribution in [0, 0.1) is 0 Å². The van der Waals surface area contributed by atoms with E-state index in [0.717, 1.165) is 16.5 Å². The lowest BCUT2D eigenvalue weighted by Crippen LogP contribution is -2.05. The standard InChI is InChI=1S/C12H12ClNO/c1-9(12-6-3-7-15-12)14-11-5-2-4-10(13)8-11/h2-9,14H,1H3. The van der Waals surface area contributed by atoms with Crippen molar-refractivity contribution in [3.05, 3.63) is 53.4 Å². The van der Waals surface area contributed by atoms with Crippen molar-refractivity contribution < 1.29 is 4.42 Å². The van der Waals surface area contributed by atoms with Gasteiger partial charge in [0.25, 0.3) is 0 Å². The Labute approximate surface area is 93.9 Å². The predicted molar refractivity (Wildman–Crippen MR) is 62.2 cm³/mol. The van der Waals surface area contributed by atoms with Crippen LogP contribution in [-0.4, -0.2) is 0 Å². The molecule has 0 aliphatic rings. The Morgan fingerprint density at radius 3 is 2.80 bits per heavy atom. The molecule has 0 bridgehead atoms. The van der Waals surface area contributed by atoms with Gasteiger partial charge in [0.05, 0.1) is 12.3 Å². The summed E-state index contributed by atoms with van der Waals surface area (Å²) in [5.74, 6) is 0.912. The first-order valence-electron chi connectivity index (χ1n) is 4.81. The third-order valence-electron chi connectivity index (χ3n) is 2.18. The summed E-state index contributed by atoms with van der Waals surface area (Å²) in [5, 5.41) is 4.04. The highest BCUT2D eigenvalue weighted by Gasteiger charge is 2.07. The van der Waals surface area contributed by atoms with Crippen molar-refractivity contribution >= 4 is 17.3 Å². The molecule has 15 heavy (non-hydrogen) atoms. The minimum absolute atomic E-state index is 0.137. The Kier molecular flexibility index (Phi) is 2.97. The molecule has 0 spiro atoms. The first-order chi connectivity index (χ1) is 7.25. The molecule has 78 valence electrons. The highest BCUT2D eigenvalue weighted by Crippen LogP contribution is 2.21. The average molecular weight is 222 g/mol. The second-order valence-corrected chi connectivity index (χ2v) is 3.83. The summed E-state index contributed by atoms with van der Waals surface area (Å²) in [4.78, 5) is 0. The molecule has 0 aliphatic heterocycles. The molecule has 1 unspecified atom stereocenters. The highest BCUT2D eigenvalue weighted by molar-refractivity contribution is 6.30. The van der Waals surface area contributed by atoms with E-state index in [4.69, 9.17) is 16.0 Å². The maximum Gasteiger partial charge on any atom is 0.125 e. The van der Waals surface area contributed by atoms with E-state index in [9.17, 15) is 0 Å². The van der Waals surface area contributed by atoms with Gasteiger partial charge in [-0.05, 0) is 37.3 Å². The van der Waals surface area contributed by atoms with Gasteiger partial charge in [0.2, 0.25) is 0 Å². The van der Waals surface area contributed by atoms with Crippen LogP contribution in [0.1, 0.15) is 18.7 Å². The fourth-order valence-electron chi connectivity index (χ4n) is 1.44. The lowest BCUT2D eigenvalue weighted by atomic mass is 10.2. The van der Waals surface area contributed by atoms with Crippen molar-refractivity contribution in [2.45, 2.75) is 13.0 Å². The molecule has 0 aliphatic carbocycles. The Balaban J connectivity index is 2.09. The summed E-state index contributed by atoms with van der Waals surface area (Å²) in [5.41, 5.74) is 0.992. The second kappa shape index (κ2) is 4.41. The van der Waals surface area contributed by atoms with Crippen molar-refractivity contribution in [3.8, 4) is 0 Å². The number of benzene rings is 1. The molecule has 1 heterocycles. The fraction of sp³-hybridized carbons (Fsp3) is 0.167. The highest BCUT2D eigenvalue weighted by atomic mass is 35.5. The quantitative estimate of drug-likeness (QED) is 0.844. The van der Waals surface area contributed by atoms with Gasteiger partial charge in [-0.25, -0.2) is 0 Å². The zero-order valence-electron chi connectivity index (χ0n) is 8.41. The molecule has 3 heteroatoms. The molecule has 2 rings (SSSR count). The molecule has 0 saturated heterocycles. The van der Waals surface area contributed by atoms with Crippen LogP contribution < -0.4 is 5.32 Å². The minimum atomic E-state index is 0.137. The van der Waals surface area contributed by atoms with E-state index in [-0.39, 0.29) is 6.04 Å². The number of hydrogen-bond acceptors (Lipinski definition) is 2. The Hall–Kier alpha value is -1.41. The largest absolute Gasteiger partial charge is 0.467 e. The smallest absolute Gasteiger partial charge is 0.125 e. The Morgan fingerprint density at radius 2 is 2.13 bits per heavy atom. The lowest BCUT2D eigenvalue weighted by molar-refractivity contribution is 0.490. The molecule has 1 N–H and O–H groups in total. The van der Waals surface area contributed by atoms with E-state index in [2.05, 4.69) is 5.32 Å². The van der Waals surface area contributed by atoms with E-state index in [1.54, 1.807) is 6.26 Å². The number of halogens is 1. The Morgan fingerprint density at radius 1 is 1.27 bits per heavy atom. The molecule has 2 nitrogen and oxygen atoms in total. The van der Waals surface area contributed by atoms with Gasteiger partial charge in [-0.15, -0.1) is 0 Å². The first kappa shape index (κ1) is 10.1. The number of hydrogen-bond donors (Lipinski definition) is 1. The number of nitrogens with one attached hydrogen (secondary N) is 1. The van der Waals surface area contributed by atoms with Crippen LogP contribution in [0.2, 0.25) is 5.02 Å². The molecular formula is C12H12ClNO. The van der Waals surface area contributed by atoms with Gasteiger partial charge in [0.1, 0.15) is 5.76 Å². The van der Waals surface area contributed by atoms with Gasteiger partial charge in [0.15, 0.2) is 0 Å². The first-order valence-corrected chi connectivity index (χ1v) is 5.19. The van der Waals surface area contributed by atoms with Gasteiger partial charge < -0.3 is 9.73 Å².